The van der Waals surface area contributed by atoms with Crippen molar-refractivity contribution >= 4 is 56.7 Å². The molecule has 3 aliphatic carbocycles. The van der Waals surface area contributed by atoms with E-state index in [1.54, 1.807) is 12.1 Å². The lowest BCUT2D eigenvalue weighted by atomic mass is 9.59. The summed E-state index contributed by atoms with van der Waals surface area (Å²) in [5.41, 5.74) is 1.19. The van der Waals surface area contributed by atoms with Crippen LogP contribution in [0, 0.1) is 23.7 Å². The topological polar surface area (TPSA) is 117 Å². The van der Waals surface area contributed by atoms with E-state index in [0.717, 1.165) is 16.1 Å². The summed E-state index contributed by atoms with van der Waals surface area (Å²) in [5, 5.41) is 11.6. The Balaban J connectivity index is 1.29. The molecular weight excluding hydrogens is 695 g/mol. The first-order valence-corrected chi connectivity index (χ1v) is 15.3. The van der Waals surface area contributed by atoms with Crippen molar-refractivity contribution in [1.29, 1.82) is 0 Å². The second kappa shape index (κ2) is 10.7. The third kappa shape index (κ3) is 4.62. The van der Waals surface area contributed by atoms with Crippen LogP contribution in [0.5, 0.6) is 11.5 Å². The number of hydrogen-bond donors (Lipinski definition) is 1. The van der Waals surface area contributed by atoms with E-state index in [9.17, 15) is 37.5 Å². The summed E-state index contributed by atoms with van der Waals surface area (Å²) in [5.74, 6) is -5.30. The number of allylic oxidation sites excluding steroid dienone is 7. The molecule has 1 fully saturated rings. The molecule has 0 radical (unpaired) electrons. The Hall–Kier alpha value is -4.23. The standard InChI is InChI=1S/C32H22BrClF3N3O6/c1-39(29-21(34)5-7-24(38-29)32(35,36)37)40-30(44)17-4-3-16-18(26(17)31(40)45)10-19-27(22(42)11-20(33)28(19)43)25(16)14-8-13-9-15(41)2-6-23(13)46-12-14/h2-3,5-7,9,11-12,17-18,25-26,41H,4,8,10H2,1H3/t17-,18+,25-,26-/m0/s1. The highest BCUT2D eigenvalue weighted by Gasteiger charge is 2.58. The molecule has 236 valence electrons. The number of hydrogen-bond acceptors (Lipinski definition) is 8. The van der Waals surface area contributed by atoms with E-state index in [0.29, 0.717) is 28.5 Å². The number of ether oxygens (including phenoxy) is 1. The molecule has 2 aliphatic heterocycles. The number of anilines is 1. The number of hydrazine groups is 1. The van der Waals surface area contributed by atoms with Gasteiger partial charge < -0.3 is 9.84 Å². The van der Waals surface area contributed by atoms with Gasteiger partial charge in [0.2, 0.25) is 0 Å². The van der Waals surface area contributed by atoms with Crippen molar-refractivity contribution < 1.29 is 42.2 Å². The number of rotatable bonds is 3. The number of nitrogens with zero attached hydrogens (tertiary/aromatic N) is 3. The molecule has 1 aromatic heterocycles. The summed E-state index contributed by atoms with van der Waals surface area (Å²) in [7, 11) is 1.24. The van der Waals surface area contributed by atoms with Crippen molar-refractivity contribution in [1.82, 2.24) is 9.99 Å². The summed E-state index contributed by atoms with van der Waals surface area (Å²) >= 11 is 9.39. The van der Waals surface area contributed by atoms with E-state index >= 15 is 0 Å². The number of carbonyl (C=O) groups is 4. The van der Waals surface area contributed by atoms with Gasteiger partial charge in [-0.3, -0.25) is 24.2 Å². The largest absolute Gasteiger partial charge is 0.508 e. The molecule has 1 N–H and O–H groups in total. The zero-order valence-electron chi connectivity index (χ0n) is 23.8. The Labute approximate surface area is 272 Å². The molecule has 0 bridgehead atoms. The number of halogens is 5. The van der Waals surface area contributed by atoms with Crippen LogP contribution >= 0.6 is 27.5 Å². The van der Waals surface area contributed by atoms with Crippen LogP contribution in [0.2, 0.25) is 5.02 Å². The minimum Gasteiger partial charge on any atom is -0.508 e. The second-order valence-corrected chi connectivity index (χ2v) is 12.9. The highest BCUT2D eigenvalue weighted by Crippen LogP contribution is 2.55. The highest BCUT2D eigenvalue weighted by atomic mass is 79.9. The van der Waals surface area contributed by atoms with Crippen molar-refractivity contribution in [2.45, 2.75) is 25.4 Å². The molecule has 46 heavy (non-hydrogen) atoms. The van der Waals surface area contributed by atoms with Crippen LogP contribution in [0.15, 0.2) is 75.5 Å². The maximum absolute atomic E-state index is 14.2. The van der Waals surface area contributed by atoms with Crippen LogP contribution in [0.4, 0.5) is 19.0 Å². The summed E-state index contributed by atoms with van der Waals surface area (Å²) in [4.78, 5) is 58.5. The maximum Gasteiger partial charge on any atom is 0.433 e. The first kappa shape index (κ1) is 30.4. The normalized spacial score (nSPS) is 25.6. The summed E-state index contributed by atoms with van der Waals surface area (Å²) in [6, 6.07) is 6.35. The number of alkyl halides is 3. The van der Waals surface area contributed by atoms with Gasteiger partial charge in [0.05, 0.1) is 27.6 Å². The number of phenolic OH excluding ortho intramolecular Hbond substituents is 1. The smallest absolute Gasteiger partial charge is 0.433 e. The molecule has 1 saturated heterocycles. The lowest BCUT2D eigenvalue weighted by molar-refractivity contribution is -0.141. The molecule has 5 aliphatic rings. The van der Waals surface area contributed by atoms with Crippen molar-refractivity contribution in [2.75, 3.05) is 12.1 Å². The van der Waals surface area contributed by atoms with E-state index in [4.69, 9.17) is 16.3 Å². The number of amides is 2. The first-order valence-electron chi connectivity index (χ1n) is 14.2. The second-order valence-electron chi connectivity index (χ2n) is 11.7. The molecule has 4 atom stereocenters. The average molecular weight is 717 g/mol. The van der Waals surface area contributed by atoms with Crippen molar-refractivity contribution in [3.63, 3.8) is 0 Å². The van der Waals surface area contributed by atoms with Gasteiger partial charge in [-0.05, 0) is 70.6 Å². The molecule has 0 spiro atoms. The molecule has 2 aromatic rings. The van der Waals surface area contributed by atoms with Crippen LogP contribution < -0.4 is 9.75 Å². The number of ketones is 2. The Kier molecular flexibility index (Phi) is 7.05. The number of benzene rings is 1. The van der Waals surface area contributed by atoms with E-state index in [1.807, 2.05) is 6.08 Å². The maximum atomic E-state index is 14.2. The SMILES string of the molecule is CN(c1nc(C(F)(F)F)ccc1Cl)N1C(=O)[C@H]2[C@H](CC=C3[C@H](C4=COc5ccc(O)cc5C4)C4=C(C[C@H]32)C(=O)C(Br)=CC4=O)C1=O. The Morgan fingerprint density at radius 2 is 1.87 bits per heavy atom. The van der Waals surface area contributed by atoms with E-state index in [2.05, 4.69) is 20.9 Å². The molecule has 7 rings (SSSR count). The predicted molar refractivity (Wildman–Crippen MR) is 160 cm³/mol. The van der Waals surface area contributed by atoms with Gasteiger partial charge >= 0.3 is 6.18 Å². The molecule has 14 heteroatoms. The molecule has 2 amide bonds. The van der Waals surface area contributed by atoms with E-state index in [-0.39, 0.29) is 51.4 Å². The van der Waals surface area contributed by atoms with Crippen LogP contribution in [0.25, 0.3) is 0 Å². The monoisotopic (exact) mass is 715 g/mol. The van der Waals surface area contributed by atoms with Crippen LogP contribution in [0.1, 0.15) is 24.1 Å². The van der Waals surface area contributed by atoms with Crippen molar-refractivity contribution in [3.05, 3.63) is 91.8 Å². The number of carbonyl (C=O) groups excluding carboxylic acids is 4. The van der Waals surface area contributed by atoms with Gasteiger partial charge in [-0.15, -0.1) is 0 Å². The minimum atomic E-state index is -4.79. The number of phenols is 1. The third-order valence-electron chi connectivity index (χ3n) is 9.18. The van der Waals surface area contributed by atoms with Crippen molar-refractivity contribution in [2.24, 2.45) is 23.7 Å². The molecule has 1 aromatic carbocycles. The number of fused-ring (bicyclic) bond motifs is 4. The average Bonchev–Trinajstić information content (AvgIpc) is 3.27. The molecular formula is C32H22BrClF3N3O6. The van der Waals surface area contributed by atoms with Crippen LogP contribution in [-0.4, -0.2) is 45.5 Å². The Morgan fingerprint density at radius 3 is 2.61 bits per heavy atom. The lowest BCUT2D eigenvalue weighted by Crippen LogP contribution is -2.46. The fraction of sp³-hybridized carbons (Fsp3) is 0.281. The fourth-order valence-corrected chi connectivity index (χ4v) is 7.88. The van der Waals surface area contributed by atoms with Gasteiger partial charge in [0.25, 0.3) is 11.8 Å². The number of aromatic hydroxyl groups is 1. The lowest BCUT2D eigenvalue weighted by Gasteiger charge is -2.43. The third-order valence-corrected chi connectivity index (χ3v) is 10.1. The summed E-state index contributed by atoms with van der Waals surface area (Å²) in [6.45, 7) is 0. The Morgan fingerprint density at radius 1 is 1.11 bits per heavy atom. The van der Waals surface area contributed by atoms with Gasteiger partial charge in [-0.1, -0.05) is 23.3 Å². The molecule has 3 heterocycles. The number of aromatic nitrogens is 1. The summed E-state index contributed by atoms with van der Waals surface area (Å²) < 4.78 is 46.3. The number of pyridine rings is 1. The van der Waals surface area contributed by atoms with Gasteiger partial charge in [-0.25, -0.2) is 4.98 Å². The number of imide groups is 1. The quantitative estimate of drug-likeness (QED) is 0.247. The highest BCUT2D eigenvalue weighted by molar-refractivity contribution is 9.12. The number of Topliss-reactive ketones (excluding diaryl/α,β-unsaturated/α-hetero) is 1. The molecule has 0 unspecified atom stereocenters. The van der Waals surface area contributed by atoms with Crippen LogP contribution in [-0.2, 0) is 31.8 Å². The first-order chi connectivity index (χ1) is 21.8. The predicted octanol–water partition coefficient (Wildman–Crippen LogP) is 5.62. The van der Waals surface area contributed by atoms with Gasteiger partial charge in [0.1, 0.15) is 17.2 Å². The van der Waals surface area contributed by atoms with Gasteiger partial charge in [0, 0.05) is 42.2 Å². The van der Waals surface area contributed by atoms with Gasteiger partial charge in [-0.2, -0.15) is 18.2 Å². The van der Waals surface area contributed by atoms with E-state index in [1.165, 1.54) is 25.5 Å². The molecule has 0 saturated carbocycles. The van der Waals surface area contributed by atoms with E-state index < -0.39 is 59.0 Å². The zero-order valence-corrected chi connectivity index (χ0v) is 26.1. The van der Waals surface area contributed by atoms with Gasteiger partial charge in [0.15, 0.2) is 17.4 Å². The fourth-order valence-electron chi connectivity index (χ4n) is 7.21. The summed E-state index contributed by atoms with van der Waals surface area (Å²) in [6.07, 6.45) is 0.136. The Bertz CT molecular complexity index is 1920. The van der Waals surface area contributed by atoms with Crippen molar-refractivity contribution in [3.8, 4) is 11.5 Å². The minimum absolute atomic E-state index is 0.00298. The van der Waals surface area contributed by atoms with Crippen LogP contribution in [0.3, 0.4) is 0 Å². The zero-order chi connectivity index (χ0) is 32.8. The molecule has 9 nitrogen and oxygen atoms in total.